The summed E-state index contributed by atoms with van der Waals surface area (Å²) < 4.78 is 0. The second-order valence-electron chi connectivity index (χ2n) is 4.53. The number of hydrogen-bond donors (Lipinski definition) is 1. The summed E-state index contributed by atoms with van der Waals surface area (Å²) in [7, 11) is 0. The van der Waals surface area contributed by atoms with Gasteiger partial charge in [0.1, 0.15) is 6.04 Å². The van der Waals surface area contributed by atoms with Gasteiger partial charge in [-0.25, -0.2) is 0 Å². The second kappa shape index (κ2) is 6.22. The second-order valence-corrected chi connectivity index (χ2v) is 5.00. The zero-order valence-electron chi connectivity index (χ0n) is 10.7. The molecule has 0 amide bonds. The first-order valence-corrected chi connectivity index (χ1v) is 6.80. The highest BCUT2D eigenvalue weighted by Gasteiger charge is 2.27. The van der Waals surface area contributed by atoms with Gasteiger partial charge in [-0.2, -0.15) is 0 Å². The van der Waals surface area contributed by atoms with Crippen molar-refractivity contribution < 1.29 is 0 Å². The van der Waals surface area contributed by atoms with Gasteiger partial charge in [-0.3, -0.25) is 9.88 Å². The number of nitrogens with zero attached hydrogens (tertiary/aromatic N) is 3. The van der Waals surface area contributed by atoms with Crippen LogP contribution in [0.2, 0.25) is 0 Å². The van der Waals surface area contributed by atoms with Crippen molar-refractivity contribution in [1.82, 2.24) is 14.8 Å². The van der Waals surface area contributed by atoms with Crippen LogP contribution in [-0.2, 0) is 0 Å². The molecular weight excluding hydrogens is 244 g/mol. The van der Waals surface area contributed by atoms with E-state index in [0.29, 0.717) is 4.99 Å². The topological polar surface area (TPSA) is 45.4 Å². The third-order valence-electron chi connectivity index (χ3n) is 3.46. The molecule has 0 radical (unpaired) electrons. The number of likely N-dealkylation sites (N-methyl/N-ethyl adjacent to an activating group) is 1. The van der Waals surface area contributed by atoms with Crippen molar-refractivity contribution in [3.63, 3.8) is 0 Å². The van der Waals surface area contributed by atoms with Gasteiger partial charge in [-0.05, 0) is 18.7 Å². The molecule has 1 aliphatic heterocycles. The van der Waals surface area contributed by atoms with E-state index < -0.39 is 0 Å². The maximum absolute atomic E-state index is 5.90. The predicted octanol–water partition coefficient (Wildman–Crippen LogP) is 1.05. The highest BCUT2D eigenvalue weighted by molar-refractivity contribution is 7.80. The van der Waals surface area contributed by atoms with Gasteiger partial charge in [-0.1, -0.05) is 25.2 Å². The summed E-state index contributed by atoms with van der Waals surface area (Å²) in [4.78, 5) is 9.67. The molecule has 2 rings (SSSR count). The Labute approximate surface area is 114 Å². The Morgan fingerprint density at radius 1 is 1.39 bits per heavy atom. The summed E-state index contributed by atoms with van der Waals surface area (Å²) in [6.07, 6.45) is 1.79. The molecule has 4 nitrogen and oxygen atoms in total. The van der Waals surface area contributed by atoms with Gasteiger partial charge < -0.3 is 10.6 Å². The minimum atomic E-state index is -0.0276. The summed E-state index contributed by atoms with van der Waals surface area (Å²) in [5.74, 6) is 0. The summed E-state index contributed by atoms with van der Waals surface area (Å²) in [6, 6.07) is 5.86. The molecule has 18 heavy (non-hydrogen) atoms. The zero-order valence-corrected chi connectivity index (χ0v) is 11.6. The minimum Gasteiger partial charge on any atom is -0.392 e. The highest BCUT2D eigenvalue weighted by Crippen LogP contribution is 2.20. The molecule has 0 saturated carbocycles. The van der Waals surface area contributed by atoms with E-state index in [4.69, 9.17) is 18.0 Å². The molecular formula is C13H20N4S. The standard InChI is InChI=1S/C13H20N4S/c1-2-16-7-9-17(10-8-16)12(13(14)18)11-5-3-4-6-15-11/h3-6,12H,2,7-10H2,1H3,(H2,14,18). The molecule has 0 aliphatic carbocycles. The Morgan fingerprint density at radius 2 is 2.11 bits per heavy atom. The van der Waals surface area contributed by atoms with Gasteiger partial charge in [-0.15, -0.1) is 0 Å². The zero-order chi connectivity index (χ0) is 13.0. The minimum absolute atomic E-state index is 0.0276. The molecule has 5 heteroatoms. The number of aromatic nitrogens is 1. The van der Waals surface area contributed by atoms with E-state index in [0.717, 1.165) is 38.4 Å². The first-order valence-electron chi connectivity index (χ1n) is 6.39. The van der Waals surface area contributed by atoms with Crippen LogP contribution in [0.4, 0.5) is 0 Å². The normalized spacial score (nSPS) is 19.6. The van der Waals surface area contributed by atoms with E-state index in [1.807, 2.05) is 18.2 Å². The molecule has 1 aliphatic rings. The van der Waals surface area contributed by atoms with Gasteiger partial charge in [0.15, 0.2) is 0 Å². The lowest BCUT2D eigenvalue weighted by atomic mass is 10.1. The first-order chi connectivity index (χ1) is 8.72. The van der Waals surface area contributed by atoms with Crippen LogP contribution in [0, 0.1) is 0 Å². The molecule has 1 fully saturated rings. The van der Waals surface area contributed by atoms with Crippen molar-refractivity contribution in [3.05, 3.63) is 30.1 Å². The van der Waals surface area contributed by atoms with Crippen molar-refractivity contribution in [2.75, 3.05) is 32.7 Å². The molecule has 1 atom stereocenters. The van der Waals surface area contributed by atoms with Gasteiger partial charge in [0.05, 0.1) is 10.7 Å². The van der Waals surface area contributed by atoms with E-state index in [9.17, 15) is 0 Å². The smallest absolute Gasteiger partial charge is 0.103 e. The number of thiocarbonyl (C=S) groups is 1. The lowest BCUT2D eigenvalue weighted by Gasteiger charge is -2.38. The fraction of sp³-hybridized carbons (Fsp3) is 0.538. The van der Waals surface area contributed by atoms with Gasteiger partial charge in [0, 0.05) is 32.4 Å². The maximum Gasteiger partial charge on any atom is 0.103 e. The van der Waals surface area contributed by atoms with Crippen molar-refractivity contribution in [1.29, 1.82) is 0 Å². The Hall–Kier alpha value is -1.04. The Balaban J connectivity index is 2.10. The molecule has 1 aromatic heterocycles. The van der Waals surface area contributed by atoms with E-state index in [2.05, 4.69) is 21.7 Å². The van der Waals surface area contributed by atoms with Crippen LogP contribution in [0.25, 0.3) is 0 Å². The fourth-order valence-corrected chi connectivity index (χ4v) is 2.66. The van der Waals surface area contributed by atoms with Crippen LogP contribution in [0.1, 0.15) is 18.7 Å². The number of pyridine rings is 1. The van der Waals surface area contributed by atoms with Crippen LogP contribution < -0.4 is 5.73 Å². The Bertz CT molecular complexity index is 387. The number of piperazine rings is 1. The third kappa shape index (κ3) is 3.04. The van der Waals surface area contributed by atoms with E-state index in [1.54, 1.807) is 6.20 Å². The van der Waals surface area contributed by atoms with Crippen LogP contribution in [0.3, 0.4) is 0 Å². The molecule has 0 aromatic carbocycles. The average molecular weight is 264 g/mol. The van der Waals surface area contributed by atoms with Gasteiger partial charge in [0.25, 0.3) is 0 Å². The average Bonchev–Trinajstić information content (AvgIpc) is 2.40. The van der Waals surface area contributed by atoms with Crippen molar-refractivity contribution in [3.8, 4) is 0 Å². The fourth-order valence-electron chi connectivity index (χ4n) is 2.39. The molecule has 1 saturated heterocycles. The SMILES string of the molecule is CCN1CCN(C(C(N)=S)c2ccccn2)CC1. The summed E-state index contributed by atoms with van der Waals surface area (Å²) in [5.41, 5.74) is 6.86. The summed E-state index contributed by atoms with van der Waals surface area (Å²) in [5, 5.41) is 0. The lowest BCUT2D eigenvalue weighted by molar-refractivity contribution is 0.121. The van der Waals surface area contributed by atoms with E-state index >= 15 is 0 Å². The van der Waals surface area contributed by atoms with Crippen molar-refractivity contribution in [2.45, 2.75) is 13.0 Å². The summed E-state index contributed by atoms with van der Waals surface area (Å²) >= 11 is 5.22. The van der Waals surface area contributed by atoms with E-state index in [1.165, 1.54) is 0 Å². The predicted molar refractivity (Wildman–Crippen MR) is 77.5 cm³/mol. The first kappa shape index (κ1) is 13.4. The van der Waals surface area contributed by atoms with Crippen molar-refractivity contribution in [2.24, 2.45) is 5.73 Å². The molecule has 2 N–H and O–H groups in total. The third-order valence-corrected chi connectivity index (χ3v) is 3.68. The highest BCUT2D eigenvalue weighted by atomic mass is 32.1. The lowest BCUT2D eigenvalue weighted by Crippen LogP contribution is -2.50. The molecule has 2 heterocycles. The van der Waals surface area contributed by atoms with Gasteiger partial charge >= 0.3 is 0 Å². The van der Waals surface area contributed by atoms with Crippen LogP contribution >= 0.6 is 12.2 Å². The monoisotopic (exact) mass is 264 g/mol. The molecule has 0 spiro atoms. The molecule has 1 unspecified atom stereocenters. The number of rotatable bonds is 4. The van der Waals surface area contributed by atoms with Crippen LogP contribution in [0.5, 0.6) is 0 Å². The van der Waals surface area contributed by atoms with Crippen LogP contribution in [0.15, 0.2) is 24.4 Å². The van der Waals surface area contributed by atoms with Crippen molar-refractivity contribution >= 4 is 17.2 Å². The van der Waals surface area contributed by atoms with E-state index in [-0.39, 0.29) is 6.04 Å². The van der Waals surface area contributed by atoms with Gasteiger partial charge in [0.2, 0.25) is 0 Å². The number of hydrogen-bond acceptors (Lipinski definition) is 4. The molecule has 0 bridgehead atoms. The summed E-state index contributed by atoms with van der Waals surface area (Å²) in [6.45, 7) is 7.43. The largest absolute Gasteiger partial charge is 0.392 e. The van der Waals surface area contributed by atoms with Crippen LogP contribution in [-0.4, -0.2) is 52.5 Å². The quantitative estimate of drug-likeness (QED) is 0.824. The molecule has 98 valence electrons. The molecule has 1 aromatic rings. The Kier molecular flexibility index (Phi) is 4.63. The number of nitrogens with two attached hydrogens (primary N) is 1. The Morgan fingerprint density at radius 3 is 2.61 bits per heavy atom. The maximum atomic E-state index is 5.90.